The van der Waals surface area contributed by atoms with Crippen LogP contribution in [-0.4, -0.2) is 41.7 Å². The molecule has 0 aromatic rings. The second-order valence-corrected chi connectivity index (χ2v) is 2.86. The molecule has 74 valence electrons. The lowest BCUT2D eigenvalue weighted by Crippen LogP contribution is -2.35. The zero-order valence-electron chi connectivity index (χ0n) is 7.86. The van der Waals surface area contributed by atoms with Crippen LogP contribution >= 0.6 is 0 Å². The fraction of sp³-hybridized carbons (Fsp3) is 0.750. The number of carbonyl (C=O) groups excluding carboxylic acids is 1. The zero-order valence-corrected chi connectivity index (χ0v) is 7.86. The lowest BCUT2D eigenvalue weighted by Gasteiger charge is -2.25. The van der Waals surface area contributed by atoms with Crippen LogP contribution in [0.1, 0.15) is 19.8 Å². The maximum Gasteiger partial charge on any atom is 0.354 e. The van der Waals surface area contributed by atoms with E-state index < -0.39 is 6.23 Å². The SMILES string of the molecule is CCOC(=O)C1=NN(C)C(O)CC1. The van der Waals surface area contributed by atoms with Crippen LogP contribution in [-0.2, 0) is 9.53 Å². The molecule has 0 saturated carbocycles. The summed E-state index contributed by atoms with van der Waals surface area (Å²) in [6, 6.07) is 0. The van der Waals surface area contributed by atoms with E-state index in [4.69, 9.17) is 4.74 Å². The molecule has 1 aliphatic heterocycles. The van der Waals surface area contributed by atoms with Crippen molar-refractivity contribution >= 4 is 11.7 Å². The number of hydrogen-bond donors (Lipinski definition) is 1. The Morgan fingerprint density at radius 1 is 1.85 bits per heavy atom. The number of nitrogens with zero attached hydrogens (tertiary/aromatic N) is 2. The summed E-state index contributed by atoms with van der Waals surface area (Å²) in [6.45, 7) is 2.10. The highest BCUT2D eigenvalue weighted by Gasteiger charge is 2.22. The maximum absolute atomic E-state index is 11.2. The Hall–Kier alpha value is -1.10. The molecule has 0 radical (unpaired) electrons. The summed E-state index contributed by atoms with van der Waals surface area (Å²) in [5, 5.41) is 14.6. The van der Waals surface area contributed by atoms with Crippen LogP contribution in [0.4, 0.5) is 0 Å². The highest BCUT2D eigenvalue weighted by Crippen LogP contribution is 2.11. The average Bonchev–Trinajstić information content (AvgIpc) is 2.10. The van der Waals surface area contributed by atoms with Crippen molar-refractivity contribution in [1.29, 1.82) is 0 Å². The summed E-state index contributed by atoms with van der Waals surface area (Å²) in [7, 11) is 1.63. The van der Waals surface area contributed by atoms with E-state index in [-0.39, 0.29) is 5.97 Å². The summed E-state index contributed by atoms with van der Waals surface area (Å²) >= 11 is 0. The summed E-state index contributed by atoms with van der Waals surface area (Å²) in [5.74, 6) is -0.388. The smallest absolute Gasteiger partial charge is 0.354 e. The summed E-state index contributed by atoms with van der Waals surface area (Å²) < 4.78 is 4.79. The van der Waals surface area contributed by atoms with E-state index >= 15 is 0 Å². The second-order valence-electron chi connectivity index (χ2n) is 2.86. The number of hydrazone groups is 1. The van der Waals surface area contributed by atoms with Crippen LogP contribution in [0.25, 0.3) is 0 Å². The highest BCUT2D eigenvalue weighted by molar-refractivity contribution is 6.36. The van der Waals surface area contributed by atoms with E-state index in [2.05, 4.69) is 5.10 Å². The third-order valence-electron chi connectivity index (χ3n) is 1.86. The molecule has 1 rings (SSSR count). The monoisotopic (exact) mass is 186 g/mol. The molecule has 1 heterocycles. The van der Waals surface area contributed by atoms with Gasteiger partial charge in [0.25, 0.3) is 0 Å². The summed E-state index contributed by atoms with van der Waals surface area (Å²) in [4.78, 5) is 11.2. The summed E-state index contributed by atoms with van der Waals surface area (Å²) in [5.41, 5.74) is 0.384. The number of ether oxygens (including phenoxy) is 1. The van der Waals surface area contributed by atoms with E-state index in [1.165, 1.54) is 5.01 Å². The van der Waals surface area contributed by atoms with Gasteiger partial charge >= 0.3 is 5.97 Å². The van der Waals surface area contributed by atoms with Crippen molar-refractivity contribution in [2.75, 3.05) is 13.7 Å². The third kappa shape index (κ3) is 2.42. The third-order valence-corrected chi connectivity index (χ3v) is 1.86. The minimum atomic E-state index is -0.585. The van der Waals surface area contributed by atoms with E-state index in [0.29, 0.717) is 25.2 Å². The van der Waals surface area contributed by atoms with Crippen LogP contribution in [0.5, 0.6) is 0 Å². The Labute approximate surface area is 77.0 Å². The van der Waals surface area contributed by atoms with Crippen LogP contribution in [0.15, 0.2) is 5.10 Å². The highest BCUT2D eigenvalue weighted by atomic mass is 16.5. The first-order valence-corrected chi connectivity index (χ1v) is 4.30. The fourth-order valence-corrected chi connectivity index (χ4v) is 1.12. The predicted octanol–water partition coefficient (Wildman–Crippen LogP) is -0.0505. The molecule has 0 aromatic heterocycles. The Bertz CT molecular complexity index is 227. The average molecular weight is 186 g/mol. The van der Waals surface area contributed by atoms with E-state index in [0.717, 1.165) is 0 Å². The molecule has 0 spiro atoms. The van der Waals surface area contributed by atoms with Gasteiger partial charge < -0.3 is 9.84 Å². The van der Waals surface area contributed by atoms with Gasteiger partial charge in [-0.2, -0.15) is 5.10 Å². The lowest BCUT2D eigenvalue weighted by atomic mass is 10.1. The number of aliphatic hydroxyl groups is 1. The van der Waals surface area contributed by atoms with Crippen molar-refractivity contribution in [3.63, 3.8) is 0 Å². The number of rotatable bonds is 2. The molecule has 1 unspecified atom stereocenters. The predicted molar refractivity (Wildman–Crippen MR) is 47.1 cm³/mol. The van der Waals surface area contributed by atoms with Crippen molar-refractivity contribution < 1.29 is 14.6 Å². The van der Waals surface area contributed by atoms with Gasteiger partial charge in [0.1, 0.15) is 11.9 Å². The van der Waals surface area contributed by atoms with Gasteiger partial charge in [0.15, 0.2) is 0 Å². The Balaban J connectivity index is 2.61. The standard InChI is InChI=1S/C8H14N2O3/c1-3-13-8(12)6-4-5-7(11)10(2)9-6/h7,11H,3-5H2,1-2H3. The molecule has 0 fully saturated rings. The first-order valence-electron chi connectivity index (χ1n) is 4.30. The normalized spacial score (nSPS) is 22.5. The molecule has 0 bridgehead atoms. The molecule has 0 aliphatic carbocycles. The Kier molecular flexibility index (Phi) is 3.25. The first-order chi connectivity index (χ1) is 6.15. The summed E-state index contributed by atoms with van der Waals surface area (Å²) in [6.07, 6.45) is 0.413. The van der Waals surface area contributed by atoms with Crippen molar-refractivity contribution in [3.8, 4) is 0 Å². The molecule has 5 nitrogen and oxygen atoms in total. The van der Waals surface area contributed by atoms with Gasteiger partial charge in [-0.25, -0.2) is 4.79 Å². The lowest BCUT2D eigenvalue weighted by molar-refractivity contribution is -0.135. The molecule has 13 heavy (non-hydrogen) atoms. The Morgan fingerprint density at radius 2 is 2.54 bits per heavy atom. The topological polar surface area (TPSA) is 62.1 Å². The van der Waals surface area contributed by atoms with Gasteiger partial charge in [0, 0.05) is 13.5 Å². The quantitative estimate of drug-likeness (QED) is 0.614. The van der Waals surface area contributed by atoms with Gasteiger partial charge in [0.2, 0.25) is 0 Å². The molecule has 5 heteroatoms. The molecule has 0 saturated heterocycles. The van der Waals surface area contributed by atoms with Crippen LogP contribution in [0.2, 0.25) is 0 Å². The minimum absolute atomic E-state index is 0.351. The molecule has 1 atom stereocenters. The molecule has 0 amide bonds. The van der Waals surface area contributed by atoms with Crippen LogP contribution in [0, 0.1) is 0 Å². The van der Waals surface area contributed by atoms with Gasteiger partial charge in [-0.1, -0.05) is 0 Å². The van der Waals surface area contributed by atoms with Crippen molar-refractivity contribution in [2.45, 2.75) is 26.0 Å². The van der Waals surface area contributed by atoms with Crippen LogP contribution < -0.4 is 0 Å². The molecule has 0 aromatic carbocycles. The largest absolute Gasteiger partial charge is 0.461 e. The number of aliphatic hydroxyl groups excluding tert-OH is 1. The number of esters is 1. The Morgan fingerprint density at radius 3 is 3.08 bits per heavy atom. The van der Waals surface area contributed by atoms with E-state index in [1.807, 2.05) is 0 Å². The minimum Gasteiger partial charge on any atom is -0.461 e. The first kappa shape index (κ1) is 9.98. The van der Waals surface area contributed by atoms with Crippen LogP contribution in [0.3, 0.4) is 0 Å². The molecular weight excluding hydrogens is 172 g/mol. The number of carbonyl (C=O) groups is 1. The van der Waals surface area contributed by atoms with E-state index in [1.54, 1.807) is 14.0 Å². The van der Waals surface area contributed by atoms with Crippen molar-refractivity contribution in [2.24, 2.45) is 5.10 Å². The molecule has 1 N–H and O–H groups in total. The molecule has 1 aliphatic rings. The molecular formula is C8H14N2O3. The zero-order chi connectivity index (χ0) is 9.84. The van der Waals surface area contributed by atoms with Gasteiger partial charge in [0.05, 0.1) is 6.61 Å². The van der Waals surface area contributed by atoms with Crippen molar-refractivity contribution in [1.82, 2.24) is 5.01 Å². The van der Waals surface area contributed by atoms with Crippen molar-refractivity contribution in [3.05, 3.63) is 0 Å². The second kappa shape index (κ2) is 4.23. The number of hydrogen-bond acceptors (Lipinski definition) is 5. The van der Waals surface area contributed by atoms with Gasteiger partial charge in [-0.3, -0.25) is 5.01 Å². The maximum atomic E-state index is 11.2. The van der Waals surface area contributed by atoms with E-state index in [9.17, 15) is 9.90 Å². The van der Waals surface area contributed by atoms with Gasteiger partial charge in [-0.05, 0) is 13.3 Å². The fourth-order valence-electron chi connectivity index (χ4n) is 1.12. The van der Waals surface area contributed by atoms with Gasteiger partial charge in [-0.15, -0.1) is 0 Å².